The van der Waals surface area contributed by atoms with Crippen LogP contribution in [0.4, 0.5) is 4.79 Å². The first-order valence-corrected chi connectivity index (χ1v) is 9.17. The molecule has 6 heteroatoms. The molecule has 0 spiro atoms. The summed E-state index contributed by atoms with van der Waals surface area (Å²) in [6, 6.07) is 10.9. The number of nitrogens with one attached hydrogen (secondary N) is 1. The molecule has 0 saturated carbocycles. The van der Waals surface area contributed by atoms with Gasteiger partial charge in [-0.3, -0.25) is 14.8 Å². The maximum absolute atomic E-state index is 11.9. The van der Waals surface area contributed by atoms with Crippen molar-refractivity contribution in [3.63, 3.8) is 0 Å². The average Bonchev–Trinajstić information content (AvgIpc) is 2.69. The Morgan fingerprint density at radius 3 is 2.15 bits per heavy atom. The van der Waals surface area contributed by atoms with Gasteiger partial charge in [0.05, 0.1) is 11.4 Å². The fourth-order valence-electron chi connectivity index (χ4n) is 2.45. The molecule has 0 aliphatic rings. The van der Waals surface area contributed by atoms with Gasteiger partial charge in [0.2, 0.25) is 0 Å². The second kappa shape index (κ2) is 11.7. The summed E-state index contributed by atoms with van der Waals surface area (Å²) in [5, 5.41) is 6.71. The van der Waals surface area contributed by atoms with E-state index in [9.17, 15) is 4.79 Å². The zero-order chi connectivity index (χ0) is 18.5. The van der Waals surface area contributed by atoms with Gasteiger partial charge in [-0.2, -0.15) is 0 Å². The van der Waals surface area contributed by atoms with Crippen molar-refractivity contribution in [1.29, 1.82) is 0 Å². The minimum absolute atomic E-state index is 0.418. The molecule has 6 nitrogen and oxygen atoms in total. The molecule has 0 fully saturated rings. The minimum atomic E-state index is -0.567. The zero-order valence-corrected chi connectivity index (χ0v) is 15.2. The maximum Gasteiger partial charge on any atom is 0.433 e. The van der Waals surface area contributed by atoms with E-state index < -0.39 is 6.09 Å². The minimum Gasteiger partial charge on any atom is -0.320 e. The predicted molar refractivity (Wildman–Crippen MR) is 102 cm³/mol. The van der Waals surface area contributed by atoms with Gasteiger partial charge in [0.25, 0.3) is 0 Å². The van der Waals surface area contributed by atoms with Crippen LogP contribution in [-0.2, 0) is 4.84 Å². The van der Waals surface area contributed by atoms with E-state index in [4.69, 9.17) is 4.84 Å². The molecule has 1 amide bonds. The molecule has 2 rings (SSSR count). The van der Waals surface area contributed by atoms with Crippen LogP contribution in [0.5, 0.6) is 0 Å². The van der Waals surface area contributed by atoms with Crippen molar-refractivity contribution in [3.05, 3.63) is 60.2 Å². The van der Waals surface area contributed by atoms with E-state index in [1.165, 1.54) is 25.7 Å². The largest absolute Gasteiger partial charge is 0.433 e. The second-order valence-electron chi connectivity index (χ2n) is 5.94. The molecule has 2 aromatic rings. The van der Waals surface area contributed by atoms with Gasteiger partial charge in [0.1, 0.15) is 0 Å². The first-order valence-electron chi connectivity index (χ1n) is 9.17. The normalized spacial score (nSPS) is 10.2. The first kappa shape index (κ1) is 19.6. The number of aromatic nitrogens is 2. The maximum atomic E-state index is 11.9. The van der Waals surface area contributed by atoms with E-state index in [1.54, 1.807) is 24.5 Å². The summed E-state index contributed by atoms with van der Waals surface area (Å²) in [7, 11) is 0. The summed E-state index contributed by atoms with van der Waals surface area (Å²) >= 11 is 0. The summed E-state index contributed by atoms with van der Waals surface area (Å²) in [6.45, 7) is 2.78. The molecule has 0 aromatic carbocycles. The molecule has 0 unspecified atom stereocenters. The lowest BCUT2D eigenvalue weighted by molar-refractivity contribution is 0.150. The third-order valence-electron chi connectivity index (χ3n) is 3.83. The number of carbonyl (C=O) groups is 1. The Morgan fingerprint density at radius 2 is 1.58 bits per heavy atom. The van der Waals surface area contributed by atoms with Crippen molar-refractivity contribution in [2.45, 2.75) is 45.4 Å². The molecule has 2 aromatic heterocycles. The fourth-order valence-corrected chi connectivity index (χ4v) is 2.45. The topological polar surface area (TPSA) is 76.5 Å². The second-order valence-corrected chi connectivity index (χ2v) is 5.94. The fraction of sp³-hybridized carbons (Fsp3) is 0.400. The van der Waals surface area contributed by atoms with Gasteiger partial charge in [-0.05, 0) is 30.7 Å². The molecule has 26 heavy (non-hydrogen) atoms. The predicted octanol–water partition coefficient (Wildman–Crippen LogP) is 4.32. The summed E-state index contributed by atoms with van der Waals surface area (Å²) in [5.74, 6) is 0. The van der Waals surface area contributed by atoms with Crippen LogP contribution in [0.3, 0.4) is 0 Å². The van der Waals surface area contributed by atoms with Crippen molar-refractivity contribution in [3.8, 4) is 0 Å². The quantitative estimate of drug-likeness (QED) is 0.298. The standard InChI is InChI=1S/C20H26N4O2/c1-2-3-4-5-6-9-16-23-20(25)26-24-19(17-12-7-10-14-21-17)18-13-8-11-15-22-18/h7-8,10-15H,2-6,9,16H2,1H3,(H,23,25). The van der Waals surface area contributed by atoms with Gasteiger partial charge < -0.3 is 5.32 Å². The van der Waals surface area contributed by atoms with Crippen LogP contribution < -0.4 is 5.32 Å². The number of pyridine rings is 2. The highest BCUT2D eigenvalue weighted by atomic mass is 16.7. The molecule has 0 radical (unpaired) electrons. The van der Waals surface area contributed by atoms with Crippen LogP contribution in [0, 0.1) is 0 Å². The van der Waals surface area contributed by atoms with E-state index in [0.717, 1.165) is 12.8 Å². The average molecular weight is 354 g/mol. The van der Waals surface area contributed by atoms with Crippen LogP contribution in [0.2, 0.25) is 0 Å². The highest BCUT2D eigenvalue weighted by Crippen LogP contribution is 2.07. The number of oxime groups is 1. The summed E-state index contributed by atoms with van der Waals surface area (Å²) in [6.07, 6.45) is 9.76. The highest BCUT2D eigenvalue weighted by Gasteiger charge is 2.11. The Hall–Kier alpha value is -2.76. The number of hydrogen-bond acceptors (Lipinski definition) is 5. The van der Waals surface area contributed by atoms with E-state index in [2.05, 4.69) is 27.4 Å². The lowest BCUT2D eigenvalue weighted by Gasteiger charge is -2.06. The van der Waals surface area contributed by atoms with Crippen molar-refractivity contribution in [2.75, 3.05) is 6.54 Å². The van der Waals surface area contributed by atoms with Crippen molar-refractivity contribution < 1.29 is 9.63 Å². The van der Waals surface area contributed by atoms with Crippen molar-refractivity contribution in [1.82, 2.24) is 15.3 Å². The Balaban J connectivity index is 1.87. The molecular formula is C20H26N4O2. The molecule has 138 valence electrons. The molecule has 1 N–H and O–H groups in total. The Bertz CT molecular complexity index is 633. The van der Waals surface area contributed by atoms with Crippen molar-refractivity contribution >= 4 is 11.8 Å². The molecule has 0 bridgehead atoms. The monoisotopic (exact) mass is 354 g/mol. The molecule has 0 saturated heterocycles. The highest BCUT2D eigenvalue weighted by molar-refractivity contribution is 6.10. The van der Waals surface area contributed by atoms with Gasteiger partial charge in [-0.25, -0.2) is 4.79 Å². The molecule has 0 aliphatic heterocycles. The Morgan fingerprint density at radius 1 is 0.962 bits per heavy atom. The van der Waals surface area contributed by atoms with Crippen LogP contribution in [-0.4, -0.2) is 28.3 Å². The van der Waals surface area contributed by atoms with Gasteiger partial charge in [-0.15, -0.1) is 0 Å². The summed E-state index contributed by atoms with van der Waals surface area (Å²) < 4.78 is 0. The third kappa shape index (κ3) is 7.01. The number of rotatable bonds is 10. The number of carbonyl (C=O) groups excluding carboxylic acids is 1. The number of nitrogens with zero attached hydrogens (tertiary/aromatic N) is 3. The van der Waals surface area contributed by atoms with Crippen molar-refractivity contribution in [2.24, 2.45) is 5.16 Å². The smallest absolute Gasteiger partial charge is 0.320 e. The van der Waals surface area contributed by atoms with Crippen LogP contribution in [0.1, 0.15) is 56.8 Å². The number of hydrogen-bond donors (Lipinski definition) is 1. The van der Waals surface area contributed by atoms with E-state index in [-0.39, 0.29) is 0 Å². The van der Waals surface area contributed by atoms with Gasteiger partial charge in [0, 0.05) is 18.9 Å². The molecule has 2 heterocycles. The summed E-state index contributed by atoms with van der Waals surface area (Å²) in [4.78, 5) is 25.4. The number of unbranched alkanes of at least 4 members (excludes halogenated alkanes) is 5. The first-order chi connectivity index (χ1) is 12.8. The van der Waals surface area contributed by atoms with E-state index in [0.29, 0.717) is 23.6 Å². The van der Waals surface area contributed by atoms with Crippen LogP contribution in [0.25, 0.3) is 0 Å². The van der Waals surface area contributed by atoms with E-state index in [1.807, 2.05) is 24.3 Å². The molecule has 0 atom stereocenters. The number of amides is 1. The Labute approximate surface area is 154 Å². The summed E-state index contributed by atoms with van der Waals surface area (Å²) in [5.41, 5.74) is 1.60. The molecule has 0 aliphatic carbocycles. The third-order valence-corrected chi connectivity index (χ3v) is 3.83. The lowest BCUT2D eigenvalue weighted by atomic mass is 10.1. The van der Waals surface area contributed by atoms with Crippen LogP contribution in [0.15, 0.2) is 53.9 Å². The zero-order valence-electron chi connectivity index (χ0n) is 15.2. The Kier molecular flexibility index (Phi) is 8.83. The SMILES string of the molecule is CCCCCCCCNC(=O)ON=C(c1ccccn1)c1ccccn1. The van der Waals surface area contributed by atoms with Gasteiger partial charge in [-0.1, -0.05) is 56.3 Å². The van der Waals surface area contributed by atoms with Crippen LogP contribution >= 0.6 is 0 Å². The van der Waals surface area contributed by atoms with E-state index >= 15 is 0 Å². The van der Waals surface area contributed by atoms with Gasteiger partial charge >= 0.3 is 6.09 Å². The molecular weight excluding hydrogens is 328 g/mol. The lowest BCUT2D eigenvalue weighted by Crippen LogP contribution is -2.24. The van der Waals surface area contributed by atoms with Gasteiger partial charge in [0.15, 0.2) is 5.71 Å².